The highest BCUT2D eigenvalue weighted by molar-refractivity contribution is 9.10. The van der Waals surface area contributed by atoms with Gasteiger partial charge in [0.15, 0.2) is 11.9 Å². The normalized spacial score (nSPS) is 14.8. The average Bonchev–Trinajstić information content (AvgIpc) is 2.90. The Hall–Kier alpha value is -2.32. The van der Waals surface area contributed by atoms with Crippen molar-refractivity contribution in [1.29, 1.82) is 0 Å². The van der Waals surface area contributed by atoms with Crippen LogP contribution in [0.2, 0.25) is 0 Å². The van der Waals surface area contributed by atoms with Gasteiger partial charge in [0, 0.05) is 27.0 Å². The molecule has 0 saturated heterocycles. The van der Waals surface area contributed by atoms with Crippen LogP contribution in [0.25, 0.3) is 11.3 Å². The number of ether oxygens (including phenoxy) is 1. The molecule has 1 atom stereocenters. The Morgan fingerprint density at radius 3 is 2.73 bits per heavy atom. The fourth-order valence-electron chi connectivity index (χ4n) is 3.22. The van der Waals surface area contributed by atoms with E-state index in [1.54, 1.807) is 23.9 Å². The Morgan fingerprint density at radius 1 is 1.10 bits per heavy atom. The molecule has 2 N–H and O–H groups in total. The van der Waals surface area contributed by atoms with Crippen LogP contribution in [0.5, 0.6) is 11.6 Å². The summed E-state index contributed by atoms with van der Waals surface area (Å²) in [5.41, 5.74) is 3.24. The summed E-state index contributed by atoms with van der Waals surface area (Å²) in [7, 11) is 0. The maximum absolute atomic E-state index is 9.63. The lowest BCUT2D eigenvalue weighted by Gasteiger charge is -2.19. The summed E-state index contributed by atoms with van der Waals surface area (Å²) in [5.74, 6) is 1.62. The number of phenolic OH excluding ortho intramolecular Hbond substituents is 1. The summed E-state index contributed by atoms with van der Waals surface area (Å²) in [6.45, 7) is 2.21. The van der Waals surface area contributed by atoms with Gasteiger partial charge in [-0.1, -0.05) is 53.9 Å². The first-order chi connectivity index (χ1) is 14.6. The maximum atomic E-state index is 9.63. The van der Waals surface area contributed by atoms with E-state index in [9.17, 15) is 5.11 Å². The molecule has 1 unspecified atom stereocenters. The molecule has 0 radical (unpaired) electrons. The zero-order valence-corrected chi connectivity index (χ0v) is 19.0. The van der Waals surface area contributed by atoms with E-state index in [1.165, 1.54) is 19.3 Å². The van der Waals surface area contributed by atoms with Crippen LogP contribution >= 0.6 is 27.7 Å². The number of aromatic hydroxyl groups is 1. The number of nitrogens with one attached hydrogen (secondary N) is 1. The van der Waals surface area contributed by atoms with Gasteiger partial charge in [-0.05, 0) is 48.9 Å². The summed E-state index contributed by atoms with van der Waals surface area (Å²) in [5, 5.41) is 22.5. The smallest absolute Gasteiger partial charge is 0.247 e. The first-order valence-electron chi connectivity index (χ1n) is 10.0. The Bertz CT molecular complexity index is 1020. The number of phenols is 1. The molecular weight excluding hydrogens is 464 g/mol. The third-order valence-corrected chi connectivity index (χ3v) is 6.23. The Labute approximate surface area is 188 Å². The summed E-state index contributed by atoms with van der Waals surface area (Å²) >= 11 is 5.14. The van der Waals surface area contributed by atoms with Crippen LogP contribution in [-0.4, -0.2) is 26.0 Å². The molecule has 1 aliphatic rings. The zero-order chi connectivity index (χ0) is 20.9. The minimum atomic E-state index is -0.467. The highest BCUT2D eigenvalue weighted by atomic mass is 79.9. The lowest BCUT2D eigenvalue weighted by atomic mass is 10.1. The van der Waals surface area contributed by atoms with Crippen molar-refractivity contribution in [3.05, 3.63) is 52.5 Å². The number of benzene rings is 2. The number of anilines is 1. The van der Waals surface area contributed by atoms with Crippen molar-refractivity contribution in [2.75, 3.05) is 11.1 Å². The Balaban J connectivity index is 1.65. The summed E-state index contributed by atoms with van der Waals surface area (Å²) < 4.78 is 7.19. The SMILES string of the molecule is CCCCCCSc1nnc2c(n1)OC(c1ccc(O)cc1)Nc1ccc(Br)cc1-2. The molecule has 3 aromatic rings. The summed E-state index contributed by atoms with van der Waals surface area (Å²) in [6, 6.07) is 12.9. The lowest BCUT2D eigenvalue weighted by molar-refractivity contribution is 0.225. The molecule has 6 nitrogen and oxygen atoms in total. The first kappa shape index (κ1) is 20.9. The minimum Gasteiger partial charge on any atom is -0.508 e. The van der Waals surface area contributed by atoms with Crippen LogP contribution in [-0.2, 0) is 0 Å². The summed E-state index contributed by atoms with van der Waals surface area (Å²) in [6.07, 6.45) is 4.35. The first-order valence-corrected chi connectivity index (χ1v) is 11.8. The second-order valence-electron chi connectivity index (χ2n) is 7.08. The summed E-state index contributed by atoms with van der Waals surface area (Å²) in [4.78, 5) is 4.68. The van der Waals surface area contributed by atoms with Crippen LogP contribution in [0.4, 0.5) is 5.69 Å². The van der Waals surface area contributed by atoms with Gasteiger partial charge in [-0.2, -0.15) is 4.98 Å². The van der Waals surface area contributed by atoms with Gasteiger partial charge in [0.2, 0.25) is 11.0 Å². The van der Waals surface area contributed by atoms with Crippen molar-refractivity contribution in [1.82, 2.24) is 15.2 Å². The molecule has 4 rings (SSSR count). The quantitative estimate of drug-likeness (QED) is 0.304. The average molecular weight is 487 g/mol. The lowest BCUT2D eigenvalue weighted by Crippen LogP contribution is -2.17. The minimum absolute atomic E-state index is 0.211. The molecule has 0 fully saturated rings. The van der Waals surface area contributed by atoms with Crippen LogP contribution < -0.4 is 10.1 Å². The number of thioether (sulfide) groups is 1. The van der Waals surface area contributed by atoms with Gasteiger partial charge in [-0.25, -0.2) is 0 Å². The monoisotopic (exact) mass is 486 g/mol. The Kier molecular flexibility index (Phi) is 6.74. The second-order valence-corrected chi connectivity index (χ2v) is 9.06. The van der Waals surface area contributed by atoms with Crippen molar-refractivity contribution < 1.29 is 9.84 Å². The highest BCUT2D eigenvalue weighted by Crippen LogP contribution is 2.41. The number of aromatic nitrogens is 3. The van der Waals surface area contributed by atoms with Gasteiger partial charge in [-0.15, -0.1) is 10.2 Å². The molecule has 1 aromatic heterocycles. The van der Waals surface area contributed by atoms with Crippen LogP contribution in [0.1, 0.15) is 44.4 Å². The molecule has 0 spiro atoms. The molecule has 0 bridgehead atoms. The second kappa shape index (κ2) is 9.66. The molecule has 30 heavy (non-hydrogen) atoms. The standard InChI is InChI=1S/C22H23BrN4O2S/c1-2-3-4-5-12-30-22-25-21-19(26-27-22)17-13-15(23)8-11-18(17)24-20(29-21)14-6-9-16(28)10-7-14/h6-11,13,20,24,28H,2-5,12H2,1H3. The zero-order valence-electron chi connectivity index (χ0n) is 16.6. The van der Waals surface area contributed by atoms with Gasteiger partial charge in [0.25, 0.3) is 0 Å². The maximum Gasteiger partial charge on any atom is 0.247 e. The Morgan fingerprint density at radius 2 is 1.93 bits per heavy atom. The van der Waals surface area contributed by atoms with E-state index in [0.717, 1.165) is 33.5 Å². The van der Waals surface area contributed by atoms with E-state index in [1.807, 2.05) is 30.3 Å². The number of fused-ring (bicyclic) bond motifs is 3. The largest absolute Gasteiger partial charge is 0.508 e. The van der Waals surface area contributed by atoms with Crippen molar-refractivity contribution in [3.8, 4) is 22.9 Å². The molecule has 0 amide bonds. The third-order valence-electron chi connectivity index (χ3n) is 4.81. The van der Waals surface area contributed by atoms with Crippen molar-refractivity contribution in [2.45, 2.75) is 44.0 Å². The van der Waals surface area contributed by atoms with Gasteiger partial charge in [-0.3, -0.25) is 0 Å². The van der Waals surface area contributed by atoms with E-state index in [-0.39, 0.29) is 5.75 Å². The van der Waals surface area contributed by atoms with Crippen molar-refractivity contribution in [2.24, 2.45) is 0 Å². The number of nitrogens with zero attached hydrogens (tertiary/aromatic N) is 3. The number of hydrogen-bond acceptors (Lipinski definition) is 7. The van der Waals surface area contributed by atoms with Crippen LogP contribution in [0, 0.1) is 0 Å². The molecule has 2 heterocycles. The molecule has 0 aliphatic carbocycles. The molecule has 1 aliphatic heterocycles. The predicted molar refractivity (Wildman–Crippen MR) is 123 cm³/mol. The van der Waals surface area contributed by atoms with Crippen LogP contribution in [0.15, 0.2) is 52.1 Å². The van der Waals surface area contributed by atoms with Gasteiger partial charge >= 0.3 is 0 Å². The number of halogens is 1. The highest BCUT2D eigenvalue weighted by Gasteiger charge is 2.26. The van der Waals surface area contributed by atoms with Gasteiger partial charge in [0.1, 0.15) is 5.75 Å². The number of unbranched alkanes of at least 4 members (excludes halogenated alkanes) is 3. The molecule has 2 aromatic carbocycles. The molecule has 0 saturated carbocycles. The van der Waals surface area contributed by atoms with E-state index < -0.39 is 6.23 Å². The van der Waals surface area contributed by atoms with Gasteiger partial charge < -0.3 is 15.2 Å². The molecule has 8 heteroatoms. The fourth-order valence-corrected chi connectivity index (χ4v) is 4.36. The fraction of sp³-hybridized carbons (Fsp3) is 0.318. The van der Waals surface area contributed by atoms with Crippen molar-refractivity contribution in [3.63, 3.8) is 0 Å². The molecule has 156 valence electrons. The van der Waals surface area contributed by atoms with Crippen LogP contribution in [0.3, 0.4) is 0 Å². The van der Waals surface area contributed by atoms with E-state index in [2.05, 4.69) is 43.4 Å². The van der Waals surface area contributed by atoms with E-state index in [4.69, 9.17) is 4.74 Å². The number of rotatable bonds is 7. The van der Waals surface area contributed by atoms with E-state index in [0.29, 0.717) is 16.7 Å². The van der Waals surface area contributed by atoms with Crippen molar-refractivity contribution >= 4 is 33.4 Å². The number of hydrogen-bond donors (Lipinski definition) is 2. The molecular formula is C22H23BrN4O2S. The topological polar surface area (TPSA) is 80.2 Å². The third kappa shape index (κ3) is 4.87. The predicted octanol–water partition coefficient (Wildman–Crippen LogP) is 6.18. The van der Waals surface area contributed by atoms with Gasteiger partial charge in [0.05, 0.1) is 0 Å². The van der Waals surface area contributed by atoms with E-state index >= 15 is 0 Å².